The van der Waals surface area contributed by atoms with Gasteiger partial charge in [-0.1, -0.05) is 0 Å². The molecule has 1 atom stereocenters. The van der Waals surface area contributed by atoms with Gasteiger partial charge in [0.2, 0.25) is 0 Å². The summed E-state index contributed by atoms with van der Waals surface area (Å²) in [6.07, 6.45) is 2.24. The highest BCUT2D eigenvalue weighted by Crippen LogP contribution is 2.38. The van der Waals surface area contributed by atoms with Crippen LogP contribution in [0.15, 0.2) is 18.2 Å². The normalized spacial score (nSPS) is 17.8. The van der Waals surface area contributed by atoms with Gasteiger partial charge in [-0.05, 0) is 37.5 Å². The Bertz CT molecular complexity index is 683. The van der Waals surface area contributed by atoms with Gasteiger partial charge in [-0.3, -0.25) is 4.79 Å². The van der Waals surface area contributed by atoms with Crippen molar-refractivity contribution in [3.8, 4) is 16.3 Å². The fraction of sp³-hybridized carbons (Fsp3) is 0.286. The summed E-state index contributed by atoms with van der Waals surface area (Å²) in [5.74, 6) is -2.53. The number of carboxylic acid groups (broad SMARTS) is 1. The molecule has 1 aliphatic carbocycles. The number of hydrogen-bond acceptors (Lipinski definition) is 4. The molecule has 1 unspecified atom stereocenters. The lowest BCUT2D eigenvalue weighted by Gasteiger charge is -2.16. The molecule has 0 aliphatic heterocycles. The molecule has 0 spiro atoms. The zero-order valence-electron chi connectivity index (χ0n) is 10.5. The van der Waals surface area contributed by atoms with Crippen molar-refractivity contribution in [2.45, 2.75) is 25.2 Å². The number of rotatable bonds is 2. The van der Waals surface area contributed by atoms with Crippen LogP contribution >= 0.6 is 11.3 Å². The summed E-state index contributed by atoms with van der Waals surface area (Å²) in [6.45, 7) is 0. The number of phenols is 1. The van der Waals surface area contributed by atoms with Crippen molar-refractivity contribution >= 4 is 17.3 Å². The van der Waals surface area contributed by atoms with E-state index in [0.29, 0.717) is 22.7 Å². The summed E-state index contributed by atoms with van der Waals surface area (Å²) in [5, 5.41) is 19.0. The van der Waals surface area contributed by atoms with Crippen LogP contribution in [-0.4, -0.2) is 21.2 Å². The molecule has 0 bridgehead atoms. The third kappa shape index (κ3) is 2.16. The summed E-state index contributed by atoms with van der Waals surface area (Å²) in [7, 11) is 0. The third-order valence-corrected chi connectivity index (χ3v) is 4.63. The van der Waals surface area contributed by atoms with E-state index in [1.165, 1.54) is 23.5 Å². The molecule has 0 amide bonds. The molecule has 1 heterocycles. The van der Waals surface area contributed by atoms with E-state index < -0.39 is 23.5 Å². The van der Waals surface area contributed by atoms with Gasteiger partial charge in [0.25, 0.3) is 0 Å². The van der Waals surface area contributed by atoms with Gasteiger partial charge in [0, 0.05) is 10.4 Å². The van der Waals surface area contributed by atoms with Gasteiger partial charge in [-0.15, -0.1) is 11.3 Å². The minimum absolute atomic E-state index is 0.404. The van der Waals surface area contributed by atoms with Crippen LogP contribution in [0.25, 0.3) is 10.6 Å². The second-order valence-electron chi connectivity index (χ2n) is 4.78. The largest absolute Gasteiger partial charge is 0.505 e. The number of carboxylic acids is 1. The summed E-state index contributed by atoms with van der Waals surface area (Å²) in [6, 6.07) is 4.08. The van der Waals surface area contributed by atoms with Crippen LogP contribution in [-0.2, 0) is 11.2 Å². The number of halogens is 1. The van der Waals surface area contributed by atoms with E-state index >= 15 is 0 Å². The number of benzene rings is 1. The van der Waals surface area contributed by atoms with Crippen LogP contribution in [0.5, 0.6) is 5.75 Å². The summed E-state index contributed by atoms with van der Waals surface area (Å²) >= 11 is 1.40. The Morgan fingerprint density at radius 2 is 2.25 bits per heavy atom. The Morgan fingerprint density at radius 1 is 1.45 bits per heavy atom. The molecule has 0 fully saturated rings. The average molecular weight is 293 g/mol. The first kappa shape index (κ1) is 13.1. The molecule has 1 aromatic carbocycles. The summed E-state index contributed by atoms with van der Waals surface area (Å²) < 4.78 is 13.4. The van der Waals surface area contributed by atoms with Gasteiger partial charge in [0.05, 0.1) is 11.6 Å². The third-order valence-electron chi connectivity index (χ3n) is 3.45. The van der Waals surface area contributed by atoms with Crippen LogP contribution in [0.2, 0.25) is 0 Å². The molecule has 20 heavy (non-hydrogen) atoms. The quantitative estimate of drug-likeness (QED) is 0.892. The van der Waals surface area contributed by atoms with Crippen molar-refractivity contribution in [2.24, 2.45) is 0 Å². The maximum atomic E-state index is 13.4. The van der Waals surface area contributed by atoms with Crippen molar-refractivity contribution in [2.75, 3.05) is 0 Å². The predicted octanol–water partition coefficient (Wildman–Crippen LogP) is 3.16. The molecule has 0 saturated heterocycles. The Morgan fingerprint density at radius 3 is 2.95 bits per heavy atom. The molecule has 2 N–H and O–H groups in total. The molecule has 4 nitrogen and oxygen atoms in total. The molecular formula is C14H12FNO3S. The van der Waals surface area contributed by atoms with Crippen LogP contribution < -0.4 is 0 Å². The highest BCUT2D eigenvalue weighted by molar-refractivity contribution is 7.15. The Hall–Kier alpha value is -1.95. The van der Waals surface area contributed by atoms with E-state index in [4.69, 9.17) is 0 Å². The standard InChI is InChI=1S/C14H12FNO3S/c15-9-6-7(4-5-10(9)17)13-16-12-8(14(18)19)2-1-3-11(12)20-13/h4-6,8,17H,1-3H2,(H,18,19). The zero-order chi connectivity index (χ0) is 14.3. The molecule has 104 valence electrons. The maximum absolute atomic E-state index is 13.4. The molecular weight excluding hydrogens is 281 g/mol. The van der Waals surface area contributed by atoms with E-state index in [9.17, 15) is 19.4 Å². The molecule has 1 aliphatic rings. The fourth-order valence-electron chi connectivity index (χ4n) is 2.42. The summed E-state index contributed by atoms with van der Waals surface area (Å²) in [5.41, 5.74) is 1.17. The minimum Gasteiger partial charge on any atom is -0.505 e. The number of carbonyl (C=O) groups is 1. The van der Waals surface area contributed by atoms with E-state index in [1.807, 2.05) is 0 Å². The topological polar surface area (TPSA) is 70.4 Å². The number of aliphatic carboxylic acids is 1. The smallest absolute Gasteiger partial charge is 0.312 e. The number of nitrogens with zero attached hydrogens (tertiary/aromatic N) is 1. The predicted molar refractivity (Wildman–Crippen MR) is 72.5 cm³/mol. The van der Waals surface area contributed by atoms with Crippen LogP contribution in [0.1, 0.15) is 29.3 Å². The highest BCUT2D eigenvalue weighted by atomic mass is 32.1. The van der Waals surface area contributed by atoms with E-state index in [1.54, 1.807) is 6.07 Å². The molecule has 0 radical (unpaired) electrons. The second kappa shape index (κ2) is 4.86. The minimum atomic E-state index is -0.861. The second-order valence-corrected chi connectivity index (χ2v) is 5.86. The zero-order valence-corrected chi connectivity index (χ0v) is 11.3. The number of aromatic nitrogens is 1. The van der Waals surface area contributed by atoms with Crippen molar-refractivity contribution in [1.82, 2.24) is 4.98 Å². The number of aromatic hydroxyl groups is 1. The number of aryl methyl sites for hydroxylation is 1. The molecule has 1 aromatic heterocycles. The monoisotopic (exact) mass is 293 g/mol. The number of thiazole rings is 1. The maximum Gasteiger partial charge on any atom is 0.312 e. The van der Waals surface area contributed by atoms with Crippen molar-refractivity contribution < 1.29 is 19.4 Å². The number of fused-ring (bicyclic) bond motifs is 1. The van der Waals surface area contributed by atoms with E-state index in [-0.39, 0.29) is 0 Å². The Balaban J connectivity index is 2.04. The average Bonchev–Trinajstić information content (AvgIpc) is 2.85. The van der Waals surface area contributed by atoms with Crippen LogP contribution in [0.4, 0.5) is 4.39 Å². The van der Waals surface area contributed by atoms with Gasteiger partial charge in [0.1, 0.15) is 5.01 Å². The lowest BCUT2D eigenvalue weighted by Crippen LogP contribution is -2.17. The van der Waals surface area contributed by atoms with E-state index in [0.717, 1.165) is 17.7 Å². The van der Waals surface area contributed by atoms with Crippen molar-refractivity contribution in [1.29, 1.82) is 0 Å². The number of hydrogen-bond donors (Lipinski definition) is 2. The van der Waals surface area contributed by atoms with Gasteiger partial charge >= 0.3 is 5.97 Å². The molecule has 2 aromatic rings. The fourth-order valence-corrected chi connectivity index (χ4v) is 3.58. The molecule has 3 rings (SSSR count). The van der Waals surface area contributed by atoms with Crippen molar-refractivity contribution in [3.63, 3.8) is 0 Å². The molecule has 6 heteroatoms. The van der Waals surface area contributed by atoms with Crippen LogP contribution in [0.3, 0.4) is 0 Å². The first-order chi connectivity index (χ1) is 9.56. The Kier molecular flexibility index (Phi) is 3.17. The van der Waals surface area contributed by atoms with Crippen LogP contribution in [0, 0.1) is 5.82 Å². The van der Waals surface area contributed by atoms with Gasteiger partial charge in [-0.2, -0.15) is 0 Å². The van der Waals surface area contributed by atoms with Crippen molar-refractivity contribution in [3.05, 3.63) is 34.6 Å². The first-order valence-electron chi connectivity index (χ1n) is 6.27. The lowest BCUT2D eigenvalue weighted by atomic mass is 9.91. The lowest BCUT2D eigenvalue weighted by molar-refractivity contribution is -0.139. The molecule has 0 saturated carbocycles. The van der Waals surface area contributed by atoms with Gasteiger partial charge in [-0.25, -0.2) is 9.37 Å². The van der Waals surface area contributed by atoms with E-state index in [2.05, 4.69) is 4.98 Å². The Labute approximate surface area is 118 Å². The highest BCUT2D eigenvalue weighted by Gasteiger charge is 2.30. The first-order valence-corrected chi connectivity index (χ1v) is 7.09. The van der Waals surface area contributed by atoms with Gasteiger partial charge in [0.15, 0.2) is 11.6 Å². The van der Waals surface area contributed by atoms with Gasteiger partial charge < -0.3 is 10.2 Å². The summed E-state index contributed by atoms with van der Waals surface area (Å²) in [4.78, 5) is 16.6. The number of phenolic OH excluding ortho intramolecular Hbond substituents is 1. The SMILES string of the molecule is O=C(O)C1CCCc2sc(-c3ccc(O)c(F)c3)nc21.